The second-order valence-corrected chi connectivity index (χ2v) is 12.2. The van der Waals surface area contributed by atoms with E-state index in [1.807, 2.05) is 38.4 Å². The molecule has 3 aliphatic rings. The fourth-order valence-electron chi connectivity index (χ4n) is 6.86. The normalized spacial score (nSPS) is 24.8. The van der Waals surface area contributed by atoms with Gasteiger partial charge in [-0.3, -0.25) is 24.1 Å². The minimum Gasteiger partial charge on any atom is -0.508 e. The molecule has 0 heterocycles. The van der Waals surface area contributed by atoms with Crippen LogP contribution in [0.1, 0.15) is 23.1 Å². The Morgan fingerprint density at radius 1 is 1.02 bits per heavy atom. The average Bonchev–Trinajstić information content (AvgIpc) is 2.93. The Kier molecular flexibility index (Phi) is 7.87. The maximum atomic E-state index is 14.0. The molecule has 2 aromatic rings. The summed E-state index contributed by atoms with van der Waals surface area (Å²) in [6.45, 7) is 0.608. The minimum atomic E-state index is -2.68. The van der Waals surface area contributed by atoms with E-state index in [4.69, 9.17) is 5.73 Å². The number of primary amides is 1. The number of hydrogen-bond donors (Lipinski definition) is 6. The average molecular weight is 605 g/mol. The standard InChI is InChI=1S/C32H36N4O8/c1-35(2)14-22(38)34-13-15-5-7-16(8-6-15)18-9-10-21(37)24-19(18)11-17-12-20-26(36(3)4)28(40)25(31(33)43)30(42)32(20,44)29(41)23(17)27(24)39/h5-10,17,20,26,37,39,42,44H,11-14H2,1-4H3,(H2,33,43)(H,34,38)/t17-,20-,26-,32-/m0/s1. The van der Waals surface area contributed by atoms with Crippen molar-refractivity contribution >= 4 is 29.1 Å². The highest BCUT2D eigenvalue weighted by Crippen LogP contribution is 2.53. The number of phenols is 1. The van der Waals surface area contributed by atoms with Crippen molar-refractivity contribution in [2.24, 2.45) is 17.6 Å². The Hall–Kier alpha value is -4.52. The lowest BCUT2D eigenvalue weighted by Gasteiger charge is -2.50. The third kappa shape index (κ3) is 4.84. The number of carbonyl (C=O) groups excluding carboxylic acids is 4. The molecule has 44 heavy (non-hydrogen) atoms. The van der Waals surface area contributed by atoms with E-state index in [1.165, 1.54) is 11.0 Å². The van der Waals surface area contributed by atoms with Crippen LogP contribution in [0.5, 0.6) is 5.75 Å². The first-order valence-corrected chi connectivity index (χ1v) is 14.2. The summed E-state index contributed by atoms with van der Waals surface area (Å²) >= 11 is 0. The Labute approximate surface area is 254 Å². The molecule has 0 aromatic heterocycles. The fraction of sp³-hybridized carbons (Fsp3) is 0.375. The van der Waals surface area contributed by atoms with Crippen molar-refractivity contribution in [3.63, 3.8) is 0 Å². The zero-order valence-electron chi connectivity index (χ0n) is 24.9. The van der Waals surface area contributed by atoms with Crippen molar-refractivity contribution in [3.05, 3.63) is 70.0 Å². The number of carbonyl (C=O) groups is 4. The molecule has 2 aromatic carbocycles. The van der Waals surface area contributed by atoms with Crippen molar-refractivity contribution in [2.45, 2.75) is 31.0 Å². The van der Waals surface area contributed by atoms with Gasteiger partial charge in [-0.25, -0.2) is 0 Å². The zero-order chi connectivity index (χ0) is 32.2. The van der Waals surface area contributed by atoms with E-state index in [-0.39, 0.29) is 42.2 Å². The predicted octanol–water partition coefficient (Wildman–Crippen LogP) is 0.809. The number of hydrogen-bond acceptors (Lipinski definition) is 10. The molecule has 1 saturated carbocycles. The van der Waals surface area contributed by atoms with E-state index < -0.39 is 58.0 Å². The van der Waals surface area contributed by atoms with Gasteiger partial charge in [0.15, 0.2) is 11.4 Å². The molecule has 12 nitrogen and oxygen atoms in total. The van der Waals surface area contributed by atoms with E-state index >= 15 is 0 Å². The number of aromatic hydroxyl groups is 1. The van der Waals surface area contributed by atoms with E-state index in [2.05, 4.69) is 5.32 Å². The quantitative estimate of drug-likeness (QED) is 0.246. The van der Waals surface area contributed by atoms with Crippen LogP contribution in [-0.4, -0.2) is 100.0 Å². The first kappa shape index (κ1) is 30.9. The molecule has 1 fully saturated rings. The van der Waals surface area contributed by atoms with Gasteiger partial charge in [0, 0.05) is 18.0 Å². The summed E-state index contributed by atoms with van der Waals surface area (Å²) in [4.78, 5) is 54.7. The molecular formula is C32H36N4O8. The number of nitrogens with two attached hydrogens (primary N) is 1. The molecule has 0 saturated heterocycles. The summed E-state index contributed by atoms with van der Waals surface area (Å²) in [5.41, 5.74) is 4.57. The highest BCUT2D eigenvalue weighted by atomic mass is 16.3. The minimum absolute atomic E-state index is 0.00639. The molecule has 5 rings (SSSR count). The van der Waals surface area contributed by atoms with Crippen LogP contribution >= 0.6 is 0 Å². The predicted molar refractivity (Wildman–Crippen MR) is 160 cm³/mol. The van der Waals surface area contributed by atoms with Gasteiger partial charge in [-0.15, -0.1) is 0 Å². The van der Waals surface area contributed by atoms with Crippen LogP contribution in [0, 0.1) is 11.8 Å². The highest BCUT2D eigenvalue weighted by molar-refractivity contribution is 6.24. The topological polar surface area (TPSA) is 194 Å². The van der Waals surface area contributed by atoms with Gasteiger partial charge in [0.2, 0.25) is 11.7 Å². The van der Waals surface area contributed by atoms with E-state index in [1.54, 1.807) is 25.1 Å². The molecule has 4 atom stereocenters. The first-order valence-electron chi connectivity index (χ1n) is 14.2. The molecular weight excluding hydrogens is 568 g/mol. The van der Waals surface area contributed by atoms with Gasteiger partial charge in [0.05, 0.1) is 18.2 Å². The number of fused-ring (bicyclic) bond motifs is 3. The smallest absolute Gasteiger partial charge is 0.255 e. The zero-order valence-corrected chi connectivity index (χ0v) is 24.9. The van der Waals surface area contributed by atoms with E-state index in [0.717, 1.165) is 11.1 Å². The van der Waals surface area contributed by atoms with Crippen LogP contribution in [0.2, 0.25) is 0 Å². The molecule has 3 aliphatic carbocycles. The molecule has 0 unspecified atom stereocenters. The lowest BCUT2D eigenvalue weighted by Crippen LogP contribution is -2.65. The highest BCUT2D eigenvalue weighted by Gasteiger charge is 2.64. The van der Waals surface area contributed by atoms with Crippen LogP contribution in [0.25, 0.3) is 16.9 Å². The number of aliphatic hydroxyl groups excluding tert-OH is 2. The SMILES string of the molecule is CN(C)CC(=O)NCc1ccc(-c2ccc(O)c3c2C[C@H]2C[C@H]4[C@H](N(C)C)C(=O)C(C(N)=O)=C(O)[C@@]4(O)C(=O)C2=C3O)cc1. The van der Waals surface area contributed by atoms with Gasteiger partial charge < -0.3 is 36.4 Å². The molecule has 0 radical (unpaired) electrons. The molecule has 2 amide bonds. The summed E-state index contributed by atoms with van der Waals surface area (Å²) in [6.07, 6.45) is 0.188. The summed E-state index contributed by atoms with van der Waals surface area (Å²) < 4.78 is 0. The number of benzene rings is 2. The summed E-state index contributed by atoms with van der Waals surface area (Å²) in [5.74, 6) is -7.01. The number of rotatable bonds is 7. The third-order valence-electron chi connectivity index (χ3n) is 8.82. The monoisotopic (exact) mass is 604 g/mol. The summed E-state index contributed by atoms with van der Waals surface area (Å²) in [6, 6.07) is 9.40. The third-order valence-corrected chi connectivity index (χ3v) is 8.82. The molecule has 232 valence electrons. The number of Topliss-reactive ketones (excluding diaryl/α,β-unsaturated/α-hetero) is 2. The van der Waals surface area contributed by atoms with Crippen LogP contribution < -0.4 is 11.1 Å². The van der Waals surface area contributed by atoms with Gasteiger partial charge in [-0.2, -0.15) is 0 Å². The first-order chi connectivity index (χ1) is 20.7. The maximum Gasteiger partial charge on any atom is 0.255 e. The summed E-state index contributed by atoms with van der Waals surface area (Å²) in [7, 11) is 6.73. The summed E-state index contributed by atoms with van der Waals surface area (Å²) in [5, 5.41) is 47.9. The molecule has 0 bridgehead atoms. The Balaban J connectivity index is 1.56. The number of aliphatic hydroxyl groups is 3. The van der Waals surface area contributed by atoms with Crippen LogP contribution in [0.15, 0.2) is 53.3 Å². The van der Waals surface area contributed by atoms with Crippen LogP contribution in [0.3, 0.4) is 0 Å². The van der Waals surface area contributed by atoms with Gasteiger partial charge >= 0.3 is 0 Å². The Bertz CT molecular complexity index is 1640. The number of ketones is 2. The second-order valence-electron chi connectivity index (χ2n) is 12.2. The second kappa shape index (κ2) is 11.2. The molecule has 0 spiro atoms. The Morgan fingerprint density at radius 3 is 2.27 bits per heavy atom. The molecule has 0 aliphatic heterocycles. The number of phenolic OH excluding ortho intramolecular Hbond substituents is 1. The van der Waals surface area contributed by atoms with Crippen molar-refractivity contribution in [1.82, 2.24) is 15.1 Å². The number of amides is 2. The van der Waals surface area contributed by atoms with Gasteiger partial charge in [-0.05, 0) is 75.3 Å². The van der Waals surface area contributed by atoms with Crippen molar-refractivity contribution in [3.8, 4) is 16.9 Å². The molecule has 7 N–H and O–H groups in total. The van der Waals surface area contributed by atoms with Crippen molar-refractivity contribution < 1.29 is 39.6 Å². The van der Waals surface area contributed by atoms with Crippen molar-refractivity contribution in [1.29, 1.82) is 0 Å². The fourth-order valence-corrected chi connectivity index (χ4v) is 6.86. The lowest BCUT2D eigenvalue weighted by atomic mass is 9.57. The number of nitrogens with one attached hydrogen (secondary N) is 1. The van der Waals surface area contributed by atoms with Crippen molar-refractivity contribution in [2.75, 3.05) is 34.7 Å². The van der Waals surface area contributed by atoms with Crippen LogP contribution in [-0.2, 0) is 32.1 Å². The number of likely N-dealkylation sites (N-methyl/N-ethyl adjacent to an activating group) is 2. The van der Waals surface area contributed by atoms with Gasteiger partial charge in [-0.1, -0.05) is 30.3 Å². The van der Waals surface area contributed by atoms with E-state index in [9.17, 15) is 39.6 Å². The van der Waals surface area contributed by atoms with Gasteiger partial charge in [0.25, 0.3) is 5.91 Å². The van der Waals surface area contributed by atoms with E-state index in [0.29, 0.717) is 17.7 Å². The number of nitrogens with zero attached hydrogens (tertiary/aromatic N) is 2. The lowest BCUT2D eigenvalue weighted by molar-refractivity contribution is -0.153. The van der Waals surface area contributed by atoms with Crippen LogP contribution in [0.4, 0.5) is 0 Å². The largest absolute Gasteiger partial charge is 0.508 e. The maximum absolute atomic E-state index is 14.0. The molecule has 12 heteroatoms. The van der Waals surface area contributed by atoms with Gasteiger partial charge in [0.1, 0.15) is 22.8 Å². The Morgan fingerprint density at radius 2 is 1.68 bits per heavy atom.